The molecule has 0 N–H and O–H groups in total. The molecule has 0 radical (unpaired) electrons. The van der Waals surface area contributed by atoms with Crippen molar-refractivity contribution in [1.82, 2.24) is 14.7 Å². The third-order valence-electron chi connectivity index (χ3n) is 4.20. The van der Waals surface area contributed by atoms with Crippen LogP contribution in [-0.2, 0) is 6.54 Å². The summed E-state index contributed by atoms with van der Waals surface area (Å²) in [6, 6.07) is 9.90. The summed E-state index contributed by atoms with van der Waals surface area (Å²) in [6.07, 6.45) is 3.73. The fraction of sp³-hybridized carbons (Fsp3) is 0.263. The van der Waals surface area contributed by atoms with Crippen LogP contribution in [0.3, 0.4) is 0 Å². The van der Waals surface area contributed by atoms with Gasteiger partial charge in [-0.1, -0.05) is 18.2 Å². The lowest BCUT2D eigenvalue weighted by atomic mass is 10.1. The number of carbonyl (C=O) groups excluding carboxylic acids is 1. The molecule has 1 amide bonds. The summed E-state index contributed by atoms with van der Waals surface area (Å²) >= 11 is 0. The monoisotopic (exact) mass is 323 g/mol. The summed E-state index contributed by atoms with van der Waals surface area (Å²) in [6.45, 7) is 6.12. The average Bonchev–Trinajstić information content (AvgIpc) is 3.13. The van der Waals surface area contributed by atoms with Gasteiger partial charge in [0.15, 0.2) is 0 Å². The predicted octanol–water partition coefficient (Wildman–Crippen LogP) is 3.66. The van der Waals surface area contributed by atoms with Gasteiger partial charge in [-0.05, 0) is 32.9 Å². The number of benzene rings is 1. The zero-order valence-electron chi connectivity index (χ0n) is 14.4. The Balaban J connectivity index is 1.77. The van der Waals surface area contributed by atoms with E-state index in [0.29, 0.717) is 17.9 Å². The topological polar surface area (TPSA) is 51.3 Å². The van der Waals surface area contributed by atoms with Gasteiger partial charge in [0, 0.05) is 30.9 Å². The summed E-state index contributed by atoms with van der Waals surface area (Å²) in [4.78, 5) is 14.4. The number of para-hydroxylation sites is 1. The Morgan fingerprint density at radius 1 is 1.17 bits per heavy atom. The number of aromatic nitrogens is 2. The molecule has 2 heterocycles. The van der Waals surface area contributed by atoms with Gasteiger partial charge >= 0.3 is 0 Å². The molecular formula is C19H21N3O2. The van der Waals surface area contributed by atoms with Crippen LogP contribution in [0.1, 0.15) is 33.0 Å². The Labute approximate surface area is 141 Å². The van der Waals surface area contributed by atoms with Gasteiger partial charge in [0.2, 0.25) is 0 Å². The van der Waals surface area contributed by atoms with E-state index in [-0.39, 0.29) is 5.91 Å². The molecule has 0 aliphatic heterocycles. The smallest absolute Gasteiger partial charge is 0.257 e. The molecule has 5 nitrogen and oxygen atoms in total. The van der Waals surface area contributed by atoms with E-state index >= 15 is 0 Å². The molecule has 0 aliphatic carbocycles. The van der Waals surface area contributed by atoms with E-state index < -0.39 is 0 Å². The van der Waals surface area contributed by atoms with Crippen molar-refractivity contribution in [2.45, 2.75) is 27.3 Å². The molecule has 0 fully saturated rings. The van der Waals surface area contributed by atoms with Crippen LogP contribution in [-0.4, -0.2) is 27.6 Å². The van der Waals surface area contributed by atoms with Gasteiger partial charge in [-0.3, -0.25) is 4.79 Å². The molecule has 5 heteroatoms. The minimum atomic E-state index is -0.0330. The minimum absolute atomic E-state index is 0.0330. The second kappa shape index (κ2) is 6.35. The number of aryl methyl sites for hydroxylation is 2. The van der Waals surface area contributed by atoms with Crippen LogP contribution in [0.5, 0.6) is 0 Å². The lowest BCUT2D eigenvalue weighted by Gasteiger charge is -2.16. The van der Waals surface area contributed by atoms with E-state index in [1.54, 1.807) is 18.1 Å². The van der Waals surface area contributed by atoms with Gasteiger partial charge in [0.1, 0.15) is 11.5 Å². The highest BCUT2D eigenvalue weighted by molar-refractivity contribution is 5.96. The molecule has 0 bridgehead atoms. The van der Waals surface area contributed by atoms with Crippen LogP contribution in [0.15, 0.2) is 47.1 Å². The van der Waals surface area contributed by atoms with Crippen LogP contribution < -0.4 is 0 Å². The minimum Gasteiger partial charge on any atom is -0.466 e. The average molecular weight is 323 g/mol. The molecule has 0 spiro atoms. The number of furan rings is 1. The van der Waals surface area contributed by atoms with E-state index in [1.165, 1.54) is 0 Å². The first kappa shape index (κ1) is 16.1. The maximum Gasteiger partial charge on any atom is 0.257 e. The Morgan fingerprint density at radius 2 is 1.88 bits per heavy atom. The summed E-state index contributed by atoms with van der Waals surface area (Å²) in [7, 11) is 1.80. The summed E-state index contributed by atoms with van der Waals surface area (Å²) in [5.74, 6) is 1.43. The van der Waals surface area contributed by atoms with Crippen LogP contribution in [0.25, 0.3) is 5.69 Å². The predicted molar refractivity (Wildman–Crippen MR) is 92.3 cm³/mol. The largest absolute Gasteiger partial charge is 0.466 e. The highest BCUT2D eigenvalue weighted by Crippen LogP contribution is 2.22. The Morgan fingerprint density at radius 3 is 2.50 bits per heavy atom. The maximum absolute atomic E-state index is 12.7. The van der Waals surface area contributed by atoms with Crippen molar-refractivity contribution < 1.29 is 9.21 Å². The lowest BCUT2D eigenvalue weighted by Crippen LogP contribution is -2.26. The van der Waals surface area contributed by atoms with Crippen LogP contribution >= 0.6 is 0 Å². The van der Waals surface area contributed by atoms with Crippen molar-refractivity contribution in [1.29, 1.82) is 0 Å². The lowest BCUT2D eigenvalue weighted by molar-refractivity contribution is 0.0782. The van der Waals surface area contributed by atoms with Crippen molar-refractivity contribution in [3.05, 3.63) is 70.9 Å². The van der Waals surface area contributed by atoms with Crippen molar-refractivity contribution in [2.24, 2.45) is 0 Å². The van der Waals surface area contributed by atoms with Crippen molar-refractivity contribution >= 4 is 5.91 Å². The quantitative estimate of drug-likeness (QED) is 0.736. The van der Waals surface area contributed by atoms with Gasteiger partial charge in [-0.15, -0.1) is 0 Å². The molecule has 3 aromatic rings. The third kappa shape index (κ3) is 2.97. The molecule has 24 heavy (non-hydrogen) atoms. The first-order valence-electron chi connectivity index (χ1n) is 7.88. The second-order valence-electron chi connectivity index (χ2n) is 6.00. The summed E-state index contributed by atoms with van der Waals surface area (Å²) in [5.41, 5.74) is 3.54. The number of rotatable bonds is 4. The Hall–Kier alpha value is -2.82. The molecule has 0 saturated carbocycles. The standard InChI is InChI=1S/C19H21N3O2/c1-13-14(2)24-15(3)18(13)19(23)21(4)11-16-10-20-22(12-16)17-8-6-5-7-9-17/h5-10,12H,11H2,1-4H3. The maximum atomic E-state index is 12.7. The molecular weight excluding hydrogens is 302 g/mol. The number of hydrogen-bond acceptors (Lipinski definition) is 3. The number of nitrogens with zero attached hydrogens (tertiary/aromatic N) is 3. The highest BCUT2D eigenvalue weighted by atomic mass is 16.3. The first-order valence-corrected chi connectivity index (χ1v) is 7.88. The van der Waals surface area contributed by atoms with Gasteiger partial charge in [-0.25, -0.2) is 4.68 Å². The molecule has 124 valence electrons. The van der Waals surface area contributed by atoms with Crippen molar-refractivity contribution in [2.75, 3.05) is 7.05 Å². The van der Waals surface area contributed by atoms with Crippen molar-refractivity contribution in [3.63, 3.8) is 0 Å². The molecule has 2 aromatic heterocycles. The zero-order valence-corrected chi connectivity index (χ0v) is 14.4. The highest BCUT2D eigenvalue weighted by Gasteiger charge is 2.22. The first-order chi connectivity index (χ1) is 11.5. The van der Waals surface area contributed by atoms with E-state index in [0.717, 1.165) is 22.6 Å². The molecule has 1 aromatic carbocycles. The van der Waals surface area contributed by atoms with Gasteiger partial charge < -0.3 is 9.32 Å². The van der Waals surface area contributed by atoms with Crippen LogP contribution in [0.4, 0.5) is 0 Å². The van der Waals surface area contributed by atoms with Crippen molar-refractivity contribution in [3.8, 4) is 5.69 Å². The fourth-order valence-electron chi connectivity index (χ4n) is 2.81. The van der Waals surface area contributed by atoms with E-state index in [1.807, 2.05) is 62.0 Å². The number of amides is 1. The van der Waals surface area contributed by atoms with Gasteiger partial charge in [-0.2, -0.15) is 5.10 Å². The van der Waals surface area contributed by atoms with Gasteiger partial charge in [0.25, 0.3) is 5.91 Å². The normalized spacial score (nSPS) is 10.8. The van der Waals surface area contributed by atoms with Gasteiger partial charge in [0.05, 0.1) is 17.4 Å². The molecule has 0 saturated heterocycles. The van der Waals surface area contributed by atoms with Crippen LogP contribution in [0, 0.1) is 20.8 Å². The summed E-state index contributed by atoms with van der Waals surface area (Å²) in [5, 5.41) is 4.37. The molecule has 0 aliphatic rings. The Kier molecular flexibility index (Phi) is 4.25. The molecule has 0 atom stereocenters. The number of carbonyl (C=O) groups is 1. The van der Waals surface area contributed by atoms with E-state index in [4.69, 9.17) is 4.42 Å². The number of hydrogen-bond donors (Lipinski definition) is 0. The SMILES string of the molecule is Cc1oc(C)c(C(=O)N(C)Cc2cnn(-c3ccccc3)c2)c1C. The fourth-order valence-corrected chi connectivity index (χ4v) is 2.81. The Bertz CT molecular complexity index is 862. The third-order valence-corrected chi connectivity index (χ3v) is 4.20. The molecule has 0 unspecified atom stereocenters. The summed E-state index contributed by atoms with van der Waals surface area (Å²) < 4.78 is 7.38. The second-order valence-corrected chi connectivity index (χ2v) is 6.00. The zero-order chi connectivity index (χ0) is 17.3. The van der Waals surface area contributed by atoms with E-state index in [9.17, 15) is 4.79 Å². The van der Waals surface area contributed by atoms with Crippen LogP contribution in [0.2, 0.25) is 0 Å². The van der Waals surface area contributed by atoms with E-state index in [2.05, 4.69) is 5.10 Å². The molecule has 3 rings (SSSR count).